The van der Waals surface area contributed by atoms with Crippen LogP contribution in [-0.2, 0) is 12.0 Å². The van der Waals surface area contributed by atoms with Crippen LogP contribution >= 0.6 is 0 Å². The van der Waals surface area contributed by atoms with Crippen LogP contribution < -0.4 is 10.9 Å². The molecule has 1 aliphatic carbocycles. The first kappa shape index (κ1) is 12.4. The topological polar surface area (TPSA) is 34.0 Å². The van der Waals surface area contributed by atoms with Crippen molar-refractivity contribution in [3.8, 4) is 0 Å². The average Bonchev–Trinajstić information content (AvgIpc) is 3.19. The molecule has 1 aromatic carbocycles. The molecule has 3 nitrogen and oxygen atoms in total. The monoisotopic (exact) mass is 256 g/mol. The molecule has 0 saturated heterocycles. The maximum Gasteiger partial charge on any atom is 0.254 e. The van der Waals surface area contributed by atoms with E-state index >= 15 is 0 Å². The summed E-state index contributed by atoms with van der Waals surface area (Å²) in [5.41, 5.74) is 2.29. The largest absolute Gasteiger partial charge is 0.319 e. The third-order valence-electron chi connectivity index (χ3n) is 4.26. The standard InChI is InChI=1S/C16H20N2O/c1-3-18-14-7-5-4-6-12(14)10-13(15(18)19)16(8-9-16)11-17-2/h4-7,10,17H,3,8-9,11H2,1-2H3. The molecule has 0 unspecified atom stereocenters. The summed E-state index contributed by atoms with van der Waals surface area (Å²) < 4.78 is 1.90. The second-order valence-electron chi connectivity index (χ2n) is 5.48. The number of fused-ring (bicyclic) bond motifs is 1. The van der Waals surface area contributed by atoms with Gasteiger partial charge in [-0.1, -0.05) is 18.2 Å². The number of rotatable bonds is 4. The molecule has 100 valence electrons. The molecule has 0 radical (unpaired) electrons. The Morgan fingerprint density at radius 2 is 2.05 bits per heavy atom. The van der Waals surface area contributed by atoms with Gasteiger partial charge in [0.25, 0.3) is 5.56 Å². The first-order valence-corrected chi connectivity index (χ1v) is 6.99. The number of hydrogen-bond acceptors (Lipinski definition) is 2. The van der Waals surface area contributed by atoms with Gasteiger partial charge in [0.05, 0.1) is 5.52 Å². The van der Waals surface area contributed by atoms with Crippen molar-refractivity contribution < 1.29 is 0 Å². The lowest BCUT2D eigenvalue weighted by molar-refractivity contribution is 0.606. The number of nitrogens with one attached hydrogen (secondary N) is 1. The maximum absolute atomic E-state index is 12.7. The van der Waals surface area contributed by atoms with E-state index in [9.17, 15) is 4.79 Å². The highest BCUT2D eigenvalue weighted by atomic mass is 16.1. The summed E-state index contributed by atoms with van der Waals surface area (Å²) >= 11 is 0. The van der Waals surface area contributed by atoms with E-state index in [1.54, 1.807) is 0 Å². The second kappa shape index (κ2) is 4.49. The lowest BCUT2D eigenvalue weighted by Crippen LogP contribution is -2.33. The highest BCUT2D eigenvalue weighted by Gasteiger charge is 2.45. The van der Waals surface area contributed by atoms with Gasteiger partial charge in [-0.3, -0.25) is 4.79 Å². The van der Waals surface area contributed by atoms with Crippen molar-refractivity contribution in [1.82, 2.24) is 9.88 Å². The molecular weight excluding hydrogens is 236 g/mol. The van der Waals surface area contributed by atoms with Gasteiger partial charge in [0.1, 0.15) is 0 Å². The molecule has 1 saturated carbocycles. The van der Waals surface area contributed by atoms with Gasteiger partial charge in [0.15, 0.2) is 0 Å². The smallest absolute Gasteiger partial charge is 0.254 e. The Balaban J connectivity index is 2.27. The van der Waals surface area contributed by atoms with Gasteiger partial charge >= 0.3 is 0 Å². The molecule has 3 heteroatoms. The number of hydrogen-bond donors (Lipinski definition) is 1. The quantitative estimate of drug-likeness (QED) is 0.910. The van der Waals surface area contributed by atoms with Crippen molar-refractivity contribution in [3.63, 3.8) is 0 Å². The molecule has 0 bridgehead atoms. The number of para-hydroxylation sites is 1. The van der Waals surface area contributed by atoms with Crippen LogP contribution in [0.25, 0.3) is 10.9 Å². The first-order chi connectivity index (χ1) is 9.22. The third kappa shape index (κ3) is 1.89. The average molecular weight is 256 g/mol. The van der Waals surface area contributed by atoms with E-state index in [1.807, 2.05) is 36.7 Å². The molecular formula is C16H20N2O. The summed E-state index contributed by atoms with van der Waals surface area (Å²) in [5.74, 6) is 0. The minimum Gasteiger partial charge on any atom is -0.319 e. The van der Waals surface area contributed by atoms with Crippen molar-refractivity contribution in [2.75, 3.05) is 13.6 Å². The highest BCUT2D eigenvalue weighted by Crippen LogP contribution is 2.46. The van der Waals surface area contributed by atoms with Crippen LogP contribution in [0.1, 0.15) is 25.3 Å². The summed E-state index contributed by atoms with van der Waals surface area (Å²) in [5, 5.41) is 4.40. The zero-order valence-corrected chi connectivity index (χ0v) is 11.6. The number of benzene rings is 1. The molecule has 0 aliphatic heterocycles. The summed E-state index contributed by atoms with van der Waals surface area (Å²) in [7, 11) is 1.96. The van der Waals surface area contributed by atoms with Gasteiger partial charge in [-0.2, -0.15) is 0 Å². The van der Waals surface area contributed by atoms with Gasteiger partial charge in [-0.25, -0.2) is 0 Å². The SMILES string of the molecule is CCn1c(=O)c(C2(CNC)CC2)cc2ccccc21. The zero-order chi connectivity index (χ0) is 13.5. The van der Waals surface area contributed by atoms with Crippen molar-refractivity contribution in [3.05, 3.63) is 46.2 Å². The second-order valence-corrected chi connectivity index (χ2v) is 5.48. The van der Waals surface area contributed by atoms with Gasteiger partial charge < -0.3 is 9.88 Å². The number of likely N-dealkylation sites (N-methyl/N-ethyl adjacent to an activating group) is 1. The minimum absolute atomic E-state index is 0.0762. The molecule has 1 N–H and O–H groups in total. The van der Waals surface area contributed by atoms with E-state index in [0.29, 0.717) is 0 Å². The fraction of sp³-hybridized carbons (Fsp3) is 0.438. The number of pyridine rings is 1. The number of aryl methyl sites for hydroxylation is 1. The minimum atomic E-state index is 0.0762. The van der Waals surface area contributed by atoms with E-state index in [1.165, 1.54) is 5.39 Å². The van der Waals surface area contributed by atoms with Crippen LogP contribution in [0.3, 0.4) is 0 Å². The van der Waals surface area contributed by atoms with Gasteiger partial charge in [0, 0.05) is 24.1 Å². The van der Waals surface area contributed by atoms with E-state index in [2.05, 4.69) is 17.4 Å². The number of nitrogens with zero attached hydrogens (tertiary/aromatic N) is 1. The molecule has 0 atom stereocenters. The maximum atomic E-state index is 12.7. The van der Waals surface area contributed by atoms with E-state index in [0.717, 1.165) is 37.0 Å². The summed E-state index contributed by atoms with van der Waals surface area (Å²) in [6.45, 7) is 3.66. The molecule has 0 spiro atoms. The van der Waals surface area contributed by atoms with Crippen molar-refractivity contribution in [2.45, 2.75) is 31.7 Å². The Morgan fingerprint density at radius 3 is 2.68 bits per heavy atom. The Labute approximate surface area is 113 Å². The van der Waals surface area contributed by atoms with Gasteiger partial charge in [-0.15, -0.1) is 0 Å². The normalized spacial score (nSPS) is 16.7. The summed E-state index contributed by atoms with van der Waals surface area (Å²) in [6, 6.07) is 10.3. The Hall–Kier alpha value is -1.61. The summed E-state index contributed by atoms with van der Waals surface area (Å²) in [6.07, 6.45) is 2.23. The van der Waals surface area contributed by atoms with Crippen molar-refractivity contribution in [2.24, 2.45) is 0 Å². The predicted octanol–water partition coefficient (Wildman–Crippen LogP) is 2.27. The van der Waals surface area contributed by atoms with E-state index in [4.69, 9.17) is 0 Å². The lowest BCUT2D eigenvalue weighted by Gasteiger charge is -2.18. The van der Waals surface area contributed by atoms with Crippen LogP contribution in [-0.4, -0.2) is 18.2 Å². The molecule has 3 rings (SSSR count). The molecule has 1 fully saturated rings. The molecule has 19 heavy (non-hydrogen) atoms. The predicted molar refractivity (Wildman–Crippen MR) is 78.7 cm³/mol. The van der Waals surface area contributed by atoms with Crippen LogP contribution in [0, 0.1) is 0 Å². The molecule has 1 heterocycles. The number of aromatic nitrogens is 1. The fourth-order valence-corrected chi connectivity index (χ4v) is 3.05. The first-order valence-electron chi connectivity index (χ1n) is 6.99. The van der Waals surface area contributed by atoms with Crippen molar-refractivity contribution in [1.29, 1.82) is 0 Å². The van der Waals surface area contributed by atoms with Crippen LogP contribution in [0.5, 0.6) is 0 Å². The zero-order valence-electron chi connectivity index (χ0n) is 11.6. The van der Waals surface area contributed by atoms with Gasteiger partial charge in [0.2, 0.25) is 0 Å². The molecule has 1 aliphatic rings. The van der Waals surface area contributed by atoms with Crippen molar-refractivity contribution >= 4 is 10.9 Å². The molecule has 2 aromatic rings. The summed E-state index contributed by atoms with van der Waals surface area (Å²) in [4.78, 5) is 12.7. The Morgan fingerprint density at radius 1 is 1.32 bits per heavy atom. The third-order valence-corrected chi connectivity index (χ3v) is 4.26. The van der Waals surface area contributed by atoms with Gasteiger partial charge in [-0.05, 0) is 44.3 Å². The molecule has 1 aromatic heterocycles. The van der Waals surface area contributed by atoms with Crippen LogP contribution in [0.15, 0.2) is 35.1 Å². The van der Waals surface area contributed by atoms with Crippen LogP contribution in [0.2, 0.25) is 0 Å². The molecule has 0 amide bonds. The van der Waals surface area contributed by atoms with E-state index < -0.39 is 0 Å². The Kier molecular flexibility index (Phi) is 2.94. The van der Waals surface area contributed by atoms with E-state index in [-0.39, 0.29) is 11.0 Å². The Bertz CT molecular complexity index is 668. The lowest BCUT2D eigenvalue weighted by atomic mass is 9.95. The fourth-order valence-electron chi connectivity index (χ4n) is 3.05. The van der Waals surface area contributed by atoms with Crippen LogP contribution in [0.4, 0.5) is 0 Å². The highest BCUT2D eigenvalue weighted by molar-refractivity contribution is 5.80.